The lowest BCUT2D eigenvalue weighted by Gasteiger charge is -2.14. The van der Waals surface area contributed by atoms with Crippen LogP contribution in [-0.4, -0.2) is 9.59 Å². The summed E-state index contributed by atoms with van der Waals surface area (Å²) in [5.74, 6) is 5.59. The summed E-state index contributed by atoms with van der Waals surface area (Å²) in [5, 5.41) is 3.83. The Bertz CT molecular complexity index is 441. The van der Waals surface area contributed by atoms with Gasteiger partial charge in [0, 0.05) is 0 Å². The van der Waals surface area contributed by atoms with Gasteiger partial charge in [0.2, 0.25) is 0 Å². The molecular weight excluding hydrogens is 220 g/mol. The largest absolute Gasteiger partial charge is 0.271 e. The number of hydrogen-bond acceptors (Lipinski definition) is 5. The highest BCUT2D eigenvalue weighted by atomic mass is 32.1. The summed E-state index contributed by atoms with van der Waals surface area (Å²) >= 11 is 1.36. The molecule has 1 heterocycles. The molecule has 5 heteroatoms. The second-order valence-electron chi connectivity index (χ2n) is 3.52. The summed E-state index contributed by atoms with van der Waals surface area (Å²) in [6, 6.07) is 8.36. The molecule has 0 fully saturated rings. The number of nitrogens with one attached hydrogen (secondary N) is 1. The fourth-order valence-corrected chi connectivity index (χ4v) is 2.23. The predicted molar refractivity (Wildman–Crippen MR) is 64.9 cm³/mol. The second-order valence-corrected chi connectivity index (χ2v) is 4.34. The summed E-state index contributed by atoms with van der Waals surface area (Å²) in [4.78, 5) is 1.02. The molecule has 84 valence electrons. The van der Waals surface area contributed by atoms with E-state index in [1.54, 1.807) is 6.20 Å². The molecule has 2 rings (SSSR count). The lowest BCUT2D eigenvalue weighted by atomic mass is 10.0. The zero-order valence-electron chi connectivity index (χ0n) is 9.05. The van der Waals surface area contributed by atoms with Crippen molar-refractivity contribution in [2.75, 3.05) is 0 Å². The summed E-state index contributed by atoms with van der Waals surface area (Å²) < 4.78 is 3.86. The van der Waals surface area contributed by atoms with Crippen LogP contribution in [0.5, 0.6) is 0 Å². The van der Waals surface area contributed by atoms with Gasteiger partial charge in [-0.15, -0.1) is 5.10 Å². The normalized spacial score (nSPS) is 12.6. The van der Waals surface area contributed by atoms with Gasteiger partial charge in [0.1, 0.15) is 0 Å². The van der Waals surface area contributed by atoms with E-state index in [-0.39, 0.29) is 6.04 Å². The molecule has 1 unspecified atom stereocenters. The van der Waals surface area contributed by atoms with E-state index in [2.05, 4.69) is 40.1 Å². The first-order valence-corrected chi connectivity index (χ1v) is 5.94. The third kappa shape index (κ3) is 2.27. The highest BCUT2D eigenvalue weighted by molar-refractivity contribution is 7.05. The maximum absolute atomic E-state index is 5.59. The van der Waals surface area contributed by atoms with Gasteiger partial charge >= 0.3 is 0 Å². The van der Waals surface area contributed by atoms with Crippen LogP contribution in [-0.2, 0) is 6.42 Å². The minimum Gasteiger partial charge on any atom is -0.271 e. The number of nitrogens with two attached hydrogens (primary N) is 1. The molecule has 1 atom stereocenters. The van der Waals surface area contributed by atoms with E-state index in [0.29, 0.717) is 0 Å². The molecule has 0 saturated carbocycles. The first-order valence-electron chi connectivity index (χ1n) is 5.17. The number of aryl methyl sites for hydroxylation is 1. The monoisotopic (exact) mass is 234 g/mol. The fourth-order valence-electron chi connectivity index (χ4n) is 1.64. The quantitative estimate of drug-likeness (QED) is 0.623. The Kier molecular flexibility index (Phi) is 3.61. The van der Waals surface area contributed by atoms with Crippen LogP contribution in [0.2, 0.25) is 0 Å². The van der Waals surface area contributed by atoms with Gasteiger partial charge in [0.15, 0.2) is 0 Å². The van der Waals surface area contributed by atoms with Crippen LogP contribution in [0.1, 0.15) is 29.0 Å². The third-order valence-corrected chi connectivity index (χ3v) is 3.25. The van der Waals surface area contributed by atoms with Crippen molar-refractivity contribution in [3.63, 3.8) is 0 Å². The fraction of sp³-hybridized carbons (Fsp3) is 0.273. The van der Waals surface area contributed by atoms with E-state index in [4.69, 9.17) is 5.84 Å². The zero-order valence-corrected chi connectivity index (χ0v) is 9.87. The van der Waals surface area contributed by atoms with Crippen LogP contribution >= 0.6 is 11.5 Å². The minimum absolute atomic E-state index is 0.0218. The van der Waals surface area contributed by atoms with Gasteiger partial charge in [0.25, 0.3) is 0 Å². The SMILES string of the molecule is CCc1cccc(C(NN)c2cnns2)c1. The Balaban J connectivity index is 2.33. The van der Waals surface area contributed by atoms with Crippen molar-refractivity contribution in [1.29, 1.82) is 0 Å². The van der Waals surface area contributed by atoms with Gasteiger partial charge in [-0.1, -0.05) is 35.7 Å². The molecule has 2 aromatic rings. The standard InChI is InChI=1S/C11H14N4S/c1-2-8-4-3-5-9(6-8)11(14-12)10-7-13-15-16-10/h3-7,11,14H,2,12H2,1H3. The molecule has 1 aromatic carbocycles. The average molecular weight is 234 g/mol. The lowest BCUT2D eigenvalue weighted by molar-refractivity contribution is 0.644. The maximum atomic E-state index is 5.59. The molecule has 16 heavy (non-hydrogen) atoms. The molecule has 4 nitrogen and oxygen atoms in total. The van der Waals surface area contributed by atoms with Crippen LogP contribution < -0.4 is 11.3 Å². The van der Waals surface area contributed by atoms with Crippen LogP contribution in [0.4, 0.5) is 0 Å². The van der Waals surface area contributed by atoms with E-state index in [1.807, 2.05) is 6.07 Å². The van der Waals surface area contributed by atoms with E-state index < -0.39 is 0 Å². The Morgan fingerprint density at radius 3 is 3.00 bits per heavy atom. The summed E-state index contributed by atoms with van der Waals surface area (Å²) in [6.45, 7) is 2.14. The van der Waals surface area contributed by atoms with Crippen LogP contribution in [0.3, 0.4) is 0 Å². The van der Waals surface area contributed by atoms with Gasteiger partial charge < -0.3 is 0 Å². The minimum atomic E-state index is -0.0218. The van der Waals surface area contributed by atoms with Crippen molar-refractivity contribution < 1.29 is 0 Å². The van der Waals surface area contributed by atoms with Gasteiger partial charge in [-0.2, -0.15) is 0 Å². The highest BCUT2D eigenvalue weighted by Crippen LogP contribution is 2.23. The Morgan fingerprint density at radius 2 is 2.38 bits per heavy atom. The lowest BCUT2D eigenvalue weighted by Crippen LogP contribution is -2.28. The topological polar surface area (TPSA) is 63.8 Å². The Morgan fingerprint density at radius 1 is 1.50 bits per heavy atom. The van der Waals surface area contributed by atoms with Crippen molar-refractivity contribution in [2.24, 2.45) is 5.84 Å². The smallest absolute Gasteiger partial charge is 0.0834 e. The first-order chi connectivity index (χ1) is 7.85. The third-order valence-electron chi connectivity index (χ3n) is 2.52. The Labute approximate surface area is 98.6 Å². The zero-order chi connectivity index (χ0) is 11.4. The maximum Gasteiger partial charge on any atom is 0.0834 e. The predicted octanol–water partition coefficient (Wildman–Crippen LogP) is 1.65. The summed E-state index contributed by atoms with van der Waals surface area (Å²) in [7, 11) is 0. The number of aromatic nitrogens is 2. The molecule has 0 amide bonds. The average Bonchev–Trinajstić information content (AvgIpc) is 2.84. The van der Waals surface area contributed by atoms with E-state index in [9.17, 15) is 0 Å². The van der Waals surface area contributed by atoms with Crippen molar-refractivity contribution in [2.45, 2.75) is 19.4 Å². The first kappa shape index (κ1) is 11.2. The molecule has 0 bridgehead atoms. The van der Waals surface area contributed by atoms with Crippen molar-refractivity contribution in [3.8, 4) is 0 Å². The molecule has 3 N–H and O–H groups in total. The van der Waals surface area contributed by atoms with Crippen LogP contribution in [0.15, 0.2) is 30.5 Å². The second kappa shape index (κ2) is 5.16. The number of rotatable bonds is 4. The van der Waals surface area contributed by atoms with Gasteiger partial charge in [-0.3, -0.25) is 5.84 Å². The molecular formula is C11H14N4S. The number of hydrazine groups is 1. The molecule has 0 aliphatic heterocycles. The van der Waals surface area contributed by atoms with Crippen molar-refractivity contribution >= 4 is 11.5 Å². The Hall–Kier alpha value is -1.30. The van der Waals surface area contributed by atoms with E-state index in [0.717, 1.165) is 16.9 Å². The molecule has 0 spiro atoms. The molecule has 0 radical (unpaired) electrons. The van der Waals surface area contributed by atoms with Gasteiger partial charge in [-0.05, 0) is 29.1 Å². The molecule has 0 aliphatic rings. The number of nitrogens with zero attached hydrogens (tertiary/aromatic N) is 2. The van der Waals surface area contributed by atoms with E-state index >= 15 is 0 Å². The van der Waals surface area contributed by atoms with E-state index in [1.165, 1.54) is 17.1 Å². The van der Waals surface area contributed by atoms with Crippen molar-refractivity contribution in [1.82, 2.24) is 15.0 Å². The molecule has 0 aliphatic carbocycles. The summed E-state index contributed by atoms with van der Waals surface area (Å²) in [5.41, 5.74) is 5.25. The van der Waals surface area contributed by atoms with Crippen molar-refractivity contribution in [3.05, 3.63) is 46.5 Å². The van der Waals surface area contributed by atoms with Gasteiger partial charge in [0.05, 0.1) is 17.1 Å². The van der Waals surface area contributed by atoms with Crippen LogP contribution in [0, 0.1) is 0 Å². The highest BCUT2D eigenvalue weighted by Gasteiger charge is 2.14. The summed E-state index contributed by atoms with van der Waals surface area (Å²) in [6.07, 6.45) is 2.76. The number of benzene rings is 1. The van der Waals surface area contributed by atoms with Crippen LogP contribution in [0.25, 0.3) is 0 Å². The van der Waals surface area contributed by atoms with Gasteiger partial charge in [-0.25, -0.2) is 5.43 Å². The number of hydrogen-bond donors (Lipinski definition) is 2. The molecule has 0 saturated heterocycles. The molecule has 1 aromatic heterocycles.